The second kappa shape index (κ2) is 8.00. The van der Waals surface area contributed by atoms with E-state index in [0.717, 1.165) is 5.56 Å². The van der Waals surface area contributed by atoms with Gasteiger partial charge in [-0.1, -0.05) is 6.07 Å². The van der Waals surface area contributed by atoms with Gasteiger partial charge >= 0.3 is 6.03 Å². The number of amides is 2. The van der Waals surface area contributed by atoms with Crippen LogP contribution >= 0.6 is 0 Å². The fourth-order valence-electron chi connectivity index (χ4n) is 2.24. The second-order valence-corrected chi connectivity index (χ2v) is 5.24. The van der Waals surface area contributed by atoms with Gasteiger partial charge in [0.15, 0.2) is 11.5 Å². The lowest BCUT2D eigenvalue weighted by Gasteiger charge is -2.17. The molecule has 8 heteroatoms. The first-order valence-corrected chi connectivity index (χ1v) is 7.48. The molecule has 2 rings (SSSR count). The summed E-state index contributed by atoms with van der Waals surface area (Å²) in [6.07, 6.45) is 0. The predicted molar refractivity (Wildman–Crippen MR) is 93.2 cm³/mol. The largest absolute Gasteiger partial charge is 0.493 e. The minimum Gasteiger partial charge on any atom is -0.493 e. The summed E-state index contributed by atoms with van der Waals surface area (Å²) in [5, 5.41) is 16.0. The van der Waals surface area contributed by atoms with Gasteiger partial charge in [-0.05, 0) is 36.8 Å². The fourth-order valence-corrected chi connectivity index (χ4v) is 2.24. The number of carbonyl (C=O) groups excluding carboxylic acids is 1. The number of methoxy groups -OCH3 is 2. The van der Waals surface area contributed by atoms with E-state index in [1.54, 1.807) is 26.4 Å². The van der Waals surface area contributed by atoms with Crippen molar-refractivity contribution >= 4 is 17.4 Å². The van der Waals surface area contributed by atoms with Gasteiger partial charge in [0.1, 0.15) is 0 Å². The van der Waals surface area contributed by atoms with Crippen LogP contribution in [-0.4, -0.2) is 25.2 Å². The first-order valence-electron chi connectivity index (χ1n) is 7.48. The molecule has 0 saturated carbocycles. The zero-order valence-electron chi connectivity index (χ0n) is 14.1. The first kappa shape index (κ1) is 18.1. The van der Waals surface area contributed by atoms with Crippen LogP contribution in [0.1, 0.15) is 18.5 Å². The number of anilines is 1. The summed E-state index contributed by atoms with van der Waals surface area (Å²) in [6, 6.07) is 10.3. The van der Waals surface area contributed by atoms with E-state index >= 15 is 0 Å². The van der Waals surface area contributed by atoms with Crippen molar-refractivity contribution in [2.75, 3.05) is 19.5 Å². The van der Waals surface area contributed by atoms with E-state index in [-0.39, 0.29) is 11.7 Å². The summed E-state index contributed by atoms with van der Waals surface area (Å²) in [7, 11) is 3.10. The maximum Gasteiger partial charge on any atom is 0.319 e. The monoisotopic (exact) mass is 345 g/mol. The molecule has 0 aromatic heterocycles. The quantitative estimate of drug-likeness (QED) is 0.616. The van der Waals surface area contributed by atoms with Gasteiger partial charge in [0, 0.05) is 17.8 Å². The number of hydrogen-bond acceptors (Lipinski definition) is 5. The smallest absolute Gasteiger partial charge is 0.319 e. The van der Waals surface area contributed by atoms with E-state index in [4.69, 9.17) is 9.47 Å². The van der Waals surface area contributed by atoms with Gasteiger partial charge in [-0.25, -0.2) is 4.79 Å². The molecule has 2 aromatic carbocycles. The standard InChI is InChI=1S/C17H19N3O5/c1-11(12-4-9-15(24-2)16(10-12)25-3)18-17(21)19-13-5-7-14(8-6-13)20(22)23/h4-11H,1-3H3,(H2,18,19,21)/t11-/m0/s1. The zero-order valence-corrected chi connectivity index (χ0v) is 14.1. The lowest BCUT2D eigenvalue weighted by molar-refractivity contribution is -0.384. The zero-order chi connectivity index (χ0) is 18.4. The highest BCUT2D eigenvalue weighted by Crippen LogP contribution is 2.29. The van der Waals surface area contributed by atoms with Gasteiger partial charge in [0.2, 0.25) is 0 Å². The summed E-state index contributed by atoms with van der Waals surface area (Å²) in [6.45, 7) is 1.83. The summed E-state index contributed by atoms with van der Waals surface area (Å²) in [5.74, 6) is 1.18. The van der Waals surface area contributed by atoms with Crippen molar-refractivity contribution in [3.05, 3.63) is 58.1 Å². The SMILES string of the molecule is COc1ccc([C@H](C)NC(=O)Nc2ccc([N+](=O)[O-])cc2)cc1OC. The van der Waals surface area contributed by atoms with Crippen molar-refractivity contribution in [2.45, 2.75) is 13.0 Å². The molecule has 1 atom stereocenters. The lowest BCUT2D eigenvalue weighted by Crippen LogP contribution is -2.31. The maximum atomic E-state index is 12.1. The number of ether oxygens (including phenoxy) is 2. The summed E-state index contributed by atoms with van der Waals surface area (Å²) >= 11 is 0. The van der Waals surface area contributed by atoms with Gasteiger partial charge < -0.3 is 20.1 Å². The van der Waals surface area contributed by atoms with E-state index in [1.807, 2.05) is 13.0 Å². The highest BCUT2D eigenvalue weighted by molar-refractivity contribution is 5.89. The third kappa shape index (κ3) is 4.60. The molecule has 0 bridgehead atoms. The van der Waals surface area contributed by atoms with Crippen LogP contribution in [0.15, 0.2) is 42.5 Å². The van der Waals surface area contributed by atoms with Crippen LogP contribution in [0.5, 0.6) is 11.5 Å². The molecular weight excluding hydrogens is 326 g/mol. The average Bonchev–Trinajstić information content (AvgIpc) is 2.61. The molecule has 2 aromatic rings. The number of nitrogens with zero attached hydrogens (tertiary/aromatic N) is 1. The molecule has 0 heterocycles. The number of non-ortho nitro benzene ring substituents is 1. The predicted octanol–water partition coefficient (Wildman–Crippen LogP) is 3.49. The van der Waals surface area contributed by atoms with Crippen LogP contribution in [0.2, 0.25) is 0 Å². The average molecular weight is 345 g/mol. The Morgan fingerprint density at radius 3 is 2.28 bits per heavy atom. The Kier molecular flexibility index (Phi) is 5.78. The number of rotatable bonds is 6. The number of carbonyl (C=O) groups is 1. The third-order valence-corrected chi connectivity index (χ3v) is 3.59. The van der Waals surface area contributed by atoms with Gasteiger partial charge in [-0.15, -0.1) is 0 Å². The molecular formula is C17H19N3O5. The van der Waals surface area contributed by atoms with Gasteiger partial charge in [-0.2, -0.15) is 0 Å². The Morgan fingerprint density at radius 2 is 1.72 bits per heavy atom. The van der Waals surface area contributed by atoms with Crippen LogP contribution in [-0.2, 0) is 0 Å². The van der Waals surface area contributed by atoms with Gasteiger partial charge in [0.05, 0.1) is 25.2 Å². The lowest BCUT2D eigenvalue weighted by atomic mass is 10.1. The molecule has 25 heavy (non-hydrogen) atoms. The summed E-state index contributed by atoms with van der Waals surface area (Å²) in [5.41, 5.74) is 1.27. The fraction of sp³-hybridized carbons (Fsp3) is 0.235. The van der Waals surface area contributed by atoms with Gasteiger partial charge in [0.25, 0.3) is 5.69 Å². The van der Waals surface area contributed by atoms with Crippen molar-refractivity contribution < 1.29 is 19.2 Å². The number of nitrogens with one attached hydrogen (secondary N) is 2. The molecule has 0 fully saturated rings. The van der Waals surface area contributed by atoms with E-state index in [1.165, 1.54) is 24.3 Å². The Bertz CT molecular complexity index is 761. The first-order chi connectivity index (χ1) is 11.9. The number of nitro benzene ring substituents is 1. The number of urea groups is 1. The topological polar surface area (TPSA) is 103 Å². The van der Waals surface area contributed by atoms with Crippen molar-refractivity contribution in [2.24, 2.45) is 0 Å². The Hall–Kier alpha value is -3.29. The highest BCUT2D eigenvalue weighted by Gasteiger charge is 2.13. The van der Waals surface area contributed by atoms with Crippen molar-refractivity contribution in [1.29, 1.82) is 0 Å². The minimum absolute atomic E-state index is 0.0374. The minimum atomic E-state index is -0.497. The van der Waals surface area contributed by atoms with Crippen molar-refractivity contribution in [3.8, 4) is 11.5 Å². The second-order valence-electron chi connectivity index (χ2n) is 5.24. The summed E-state index contributed by atoms with van der Waals surface area (Å²) < 4.78 is 10.4. The Labute approximate surface area is 144 Å². The molecule has 0 unspecified atom stereocenters. The molecule has 0 radical (unpaired) electrons. The Morgan fingerprint density at radius 1 is 1.08 bits per heavy atom. The van der Waals surface area contributed by atoms with E-state index in [9.17, 15) is 14.9 Å². The number of hydrogen-bond donors (Lipinski definition) is 2. The van der Waals surface area contributed by atoms with Crippen molar-refractivity contribution in [3.63, 3.8) is 0 Å². The van der Waals surface area contributed by atoms with E-state index in [2.05, 4.69) is 10.6 Å². The molecule has 2 amide bonds. The van der Waals surface area contributed by atoms with Crippen LogP contribution < -0.4 is 20.1 Å². The molecule has 132 valence electrons. The number of benzene rings is 2. The van der Waals surface area contributed by atoms with Crippen LogP contribution in [0.25, 0.3) is 0 Å². The van der Waals surface area contributed by atoms with Crippen LogP contribution in [0.4, 0.5) is 16.2 Å². The normalized spacial score (nSPS) is 11.3. The van der Waals surface area contributed by atoms with Gasteiger partial charge in [-0.3, -0.25) is 10.1 Å². The molecule has 0 aliphatic heterocycles. The molecule has 0 saturated heterocycles. The molecule has 0 spiro atoms. The maximum absolute atomic E-state index is 12.1. The molecule has 2 N–H and O–H groups in total. The molecule has 0 aliphatic carbocycles. The van der Waals surface area contributed by atoms with E-state index in [0.29, 0.717) is 17.2 Å². The highest BCUT2D eigenvalue weighted by atomic mass is 16.6. The van der Waals surface area contributed by atoms with E-state index < -0.39 is 11.0 Å². The molecule has 0 aliphatic rings. The Balaban J connectivity index is 2.01. The van der Waals surface area contributed by atoms with Crippen molar-refractivity contribution in [1.82, 2.24) is 5.32 Å². The molecule has 8 nitrogen and oxygen atoms in total. The third-order valence-electron chi connectivity index (χ3n) is 3.59. The van der Waals surface area contributed by atoms with Crippen LogP contribution in [0.3, 0.4) is 0 Å². The van der Waals surface area contributed by atoms with Crippen LogP contribution in [0, 0.1) is 10.1 Å². The summed E-state index contributed by atoms with van der Waals surface area (Å²) in [4.78, 5) is 22.2. The number of nitro groups is 1.